The van der Waals surface area contributed by atoms with Crippen molar-refractivity contribution in [1.29, 1.82) is 0 Å². The number of benzene rings is 1. The minimum atomic E-state index is -1.26. The molecule has 4 unspecified atom stereocenters. The number of aliphatic carboxylic acids is 1. The van der Waals surface area contributed by atoms with Gasteiger partial charge < -0.3 is 37.1 Å². The van der Waals surface area contributed by atoms with Crippen molar-refractivity contribution in [1.82, 2.24) is 25.5 Å². The number of primary amides is 1. The summed E-state index contributed by atoms with van der Waals surface area (Å²) in [4.78, 5) is 70.6. The molecule has 0 spiro atoms. The van der Waals surface area contributed by atoms with Gasteiger partial charge in [-0.25, -0.2) is 9.78 Å². The highest BCUT2D eigenvalue weighted by atomic mass is 16.4. The number of carboxylic acid groups (broad SMARTS) is 1. The molecule has 2 heterocycles. The van der Waals surface area contributed by atoms with Gasteiger partial charge in [-0.2, -0.15) is 0 Å². The molecule has 38 heavy (non-hydrogen) atoms. The Labute approximate surface area is 219 Å². The van der Waals surface area contributed by atoms with Crippen LogP contribution in [0.5, 0.6) is 0 Å². The first kappa shape index (κ1) is 28.3. The number of carbonyl (C=O) groups excluding carboxylic acids is 4. The van der Waals surface area contributed by atoms with Gasteiger partial charge in [0.15, 0.2) is 0 Å². The van der Waals surface area contributed by atoms with Crippen LogP contribution in [-0.2, 0) is 36.8 Å². The van der Waals surface area contributed by atoms with Gasteiger partial charge >= 0.3 is 5.97 Å². The summed E-state index contributed by atoms with van der Waals surface area (Å²) >= 11 is 0. The largest absolute Gasteiger partial charge is 0.480 e. The van der Waals surface area contributed by atoms with E-state index in [4.69, 9.17) is 11.5 Å². The average molecular weight is 528 g/mol. The Morgan fingerprint density at radius 2 is 1.84 bits per heavy atom. The fourth-order valence-electron chi connectivity index (χ4n) is 4.38. The van der Waals surface area contributed by atoms with Crippen molar-refractivity contribution < 1.29 is 29.1 Å². The van der Waals surface area contributed by atoms with E-state index < -0.39 is 53.8 Å². The maximum Gasteiger partial charge on any atom is 0.326 e. The van der Waals surface area contributed by atoms with Crippen molar-refractivity contribution in [3.63, 3.8) is 0 Å². The molecule has 3 rings (SSSR count). The Bertz CT molecular complexity index is 1120. The summed E-state index contributed by atoms with van der Waals surface area (Å²) in [6, 6.07) is 4.50. The van der Waals surface area contributed by atoms with Crippen LogP contribution >= 0.6 is 0 Å². The number of H-pyrrole nitrogens is 1. The number of likely N-dealkylation sites (tertiary alicyclic amines) is 1. The molecule has 0 aliphatic carbocycles. The molecule has 204 valence electrons. The molecule has 8 N–H and O–H groups in total. The summed E-state index contributed by atoms with van der Waals surface area (Å²) in [5, 5.41) is 14.7. The van der Waals surface area contributed by atoms with Gasteiger partial charge in [0.05, 0.1) is 12.4 Å². The van der Waals surface area contributed by atoms with Gasteiger partial charge in [-0.1, -0.05) is 30.3 Å². The number of amides is 4. The highest BCUT2D eigenvalue weighted by Gasteiger charge is 2.38. The fourth-order valence-corrected chi connectivity index (χ4v) is 4.38. The third-order valence-corrected chi connectivity index (χ3v) is 6.36. The normalized spacial score (nSPS) is 17.3. The Kier molecular flexibility index (Phi) is 9.93. The molecule has 4 atom stereocenters. The van der Waals surface area contributed by atoms with Crippen molar-refractivity contribution in [3.8, 4) is 0 Å². The molecule has 1 aromatic heterocycles. The molecule has 1 fully saturated rings. The first-order chi connectivity index (χ1) is 18.2. The molecule has 2 aromatic rings. The molecule has 4 amide bonds. The van der Waals surface area contributed by atoms with Gasteiger partial charge in [0, 0.05) is 37.7 Å². The smallest absolute Gasteiger partial charge is 0.326 e. The van der Waals surface area contributed by atoms with Crippen LogP contribution in [0.3, 0.4) is 0 Å². The molecule has 0 saturated carbocycles. The summed E-state index contributed by atoms with van der Waals surface area (Å²) in [6.45, 7) is 0.323. The molecule has 0 bridgehead atoms. The zero-order valence-electron chi connectivity index (χ0n) is 20.8. The maximum absolute atomic E-state index is 13.2. The monoisotopic (exact) mass is 527 g/mol. The summed E-state index contributed by atoms with van der Waals surface area (Å²) in [5.74, 6) is -3.71. The lowest BCUT2D eigenvalue weighted by atomic mass is 10.0. The van der Waals surface area contributed by atoms with E-state index in [1.807, 2.05) is 0 Å². The van der Waals surface area contributed by atoms with Crippen LogP contribution in [0, 0.1) is 0 Å². The minimum Gasteiger partial charge on any atom is -0.480 e. The van der Waals surface area contributed by atoms with Gasteiger partial charge in [0.25, 0.3) is 0 Å². The van der Waals surface area contributed by atoms with Gasteiger partial charge in [-0.05, 0) is 24.8 Å². The molecule has 0 radical (unpaired) electrons. The van der Waals surface area contributed by atoms with Crippen LogP contribution in [0.4, 0.5) is 0 Å². The van der Waals surface area contributed by atoms with E-state index in [0.29, 0.717) is 30.6 Å². The van der Waals surface area contributed by atoms with Crippen molar-refractivity contribution >= 4 is 29.6 Å². The number of nitrogens with one attached hydrogen (secondary N) is 3. The minimum absolute atomic E-state index is 0.0253. The van der Waals surface area contributed by atoms with Crippen LogP contribution in [0.2, 0.25) is 0 Å². The second-order valence-electron chi connectivity index (χ2n) is 9.23. The zero-order valence-corrected chi connectivity index (χ0v) is 20.8. The summed E-state index contributed by atoms with van der Waals surface area (Å²) < 4.78 is 0. The second kappa shape index (κ2) is 13.3. The number of imidazole rings is 1. The summed E-state index contributed by atoms with van der Waals surface area (Å²) in [7, 11) is 0. The van der Waals surface area contributed by atoms with E-state index in [0.717, 1.165) is 0 Å². The van der Waals surface area contributed by atoms with E-state index in [2.05, 4.69) is 20.6 Å². The Morgan fingerprint density at radius 1 is 1.11 bits per heavy atom. The predicted octanol–water partition coefficient (Wildman–Crippen LogP) is -1.17. The van der Waals surface area contributed by atoms with Crippen LogP contribution in [0.1, 0.15) is 36.9 Å². The van der Waals surface area contributed by atoms with Crippen LogP contribution < -0.4 is 22.1 Å². The molecule has 1 aliphatic rings. The fraction of sp³-hybridized carbons (Fsp3) is 0.440. The molecular weight excluding hydrogens is 494 g/mol. The number of aromatic nitrogens is 2. The summed E-state index contributed by atoms with van der Waals surface area (Å²) in [6.07, 6.45) is 3.86. The zero-order chi connectivity index (χ0) is 27.7. The number of aromatic amines is 1. The van der Waals surface area contributed by atoms with E-state index in [9.17, 15) is 29.1 Å². The molecule has 1 aliphatic heterocycles. The van der Waals surface area contributed by atoms with Crippen molar-refractivity contribution in [2.45, 2.75) is 62.7 Å². The lowest BCUT2D eigenvalue weighted by molar-refractivity contribution is -0.143. The van der Waals surface area contributed by atoms with Crippen molar-refractivity contribution in [3.05, 3.63) is 54.1 Å². The van der Waals surface area contributed by atoms with Crippen LogP contribution in [0.25, 0.3) is 0 Å². The Hall–Kier alpha value is -4.26. The highest BCUT2D eigenvalue weighted by molar-refractivity contribution is 5.94. The molecule has 1 aromatic carbocycles. The van der Waals surface area contributed by atoms with Crippen LogP contribution in [-0.4, -0.2) is 80.3 Å². The van der Waals surface area contributed by atoms with Crippen molar-refractivity contribution in [2.24, 2.45) is 11.5 Å². The Morgan fingerprint density at radius 3 is 2.47 bits per heavy atom. The number of rotatable bonds is 13. The maximum atomic E-state index is 13.2. The number of hydrogen-bond acceptors (Lipinski definition) is 7. The quantitative estimate of drug-likeness (QED) is 0.186. The Balaban J connectivity index is 1.68. The first-order valence-electron chi connectivity index (χ1n) is 12.3. The number of hydrogen-bond donors (Lipinski definition) is 6. The van der Waals surface area contributed by atoms with Gasteiger partial charge in [-0.3, -0.25) is 19.2 Å². The van der Waals surface area contributed by atoms with Gasteiger partial charge in [0.2, 0.25) is 23.6 Å². The number of nitrogens with zero attached hydrogens (tertiary/aromatic N) is 2. The molecular formula is C25H33N7O6. The van der Waals surface area contributed by atoms with Gasteiger partial charge in [-0.15, -0.1) is 0 Å². The number of carboxylic acids is 1. The van der Waals surface area contributed by atoms with E-state index in [1.165, 1.54) is 11.2 Å². The molecule has 13 heteroatoms. The SMILES string of the molecule is NC(=O)CCC(NC(=O)C1CCCN1C(=O)C(N)Cc1cnc[nH]1)C(=O)NC(Cc1ccccc1)C(=O)O. The van der Waals surface area contributed by atoms with Crippen LogP contribution in [0.15, 0.2) is 42.9 Å². The second-order valence-corrected chi connectivity index (χ2v) is 9.23. The summed E-state index contributed by atoms with van der Waals surface area (Å²) in [5.41, 5.74) is 12.7. The van der Waals surface area contributed by atoms with E-state index >= 15 is 0 Å². The first-order valence-corrected chi connectivity index (χ1v) is 12.3. The van der Waals surface area contributed by atoms with E-state index in [1.54, 1.807) is 36.5 Å². The predicted molar refractivity (Wildman–Crippen MR) is 135 cm³/mol. The third-order valence-electron chi connectivity index (χ3n) is 6.36. The standard InChI is InChI=1S/C25H33N7O6/c26-17(12-16-13-28-14-29-16)24(36)32-10-4-7-20(32)23(35)30-18(8-9-21(27)33)22(34)31-19(25(37)38)11-15-5-2-1-3-6-15/h1-3,5-6,13-14,17-20H,4,7-12,26H2,(H2,27,33)(H,28,29)(H,30,35)(H,31,34)(H,37,38). The van der Waals surface area contributed by atoms with Crippen molar-refractivity contribution in [2.75, 3.05) is 6.54 Å². The average Bonchev–Trinajstić information content (AvgIpc) is 3.58. The molecule has 1 saturated heterocycles. The van der Waals surface area contributed by atoms with E-state index in [-0.39, 0.29) is 25.7 Å². The lowest BCUT2D eigenvalue weighted by Crippen LogP contribution is -2.57. The third kappa shape index (κ3) is 7.87. The van der Waals surface area contributed by atoms with Gasteiger partial charge in [0.1, 0.15) is 18.1 Å². The molecule has 13 nitrogen and oxygen atoms in total. The highest BCUT2D eigenvalue weighted by Crippen LogP contribution is 2.19. The lowest BCUT2D eigenvalue weighted by Gasteiger charge is -2.28. The number of carbonyl (C=O) groups is 5. The number of nitrogens with two attached hydrogens (primary N) is 2. The topological polar surface area (TPSA) is 214 Å².